The minimum absolute atomic E-state index is 0.123. The lowest BCUT2D eigenvalue weighted by Gasteiger charge is -2.22. The van der Waals surface area contributed by atoms with E-state index >= 15 is 0 Å². The molecule has 1 rings (SSSR count). The monoisotopic (exact) mass is 464 g/mol. The zero-order chi connectivity index (χ0) is 23.7. The Morgan fingerprint density at radius 2 is 1.74 bits per heavy atom. The van der Waals surface area contributed by atoms with Crippen LogP contribution in [0, 0.1) is 11.3 Å². The first-order valence-electron chi connectivity index (χ1n) is 9.76. The second-order valence-corrected chi connectivity index (χ2v) is 9.14. The van der Waals surface area contributed by atoms with Crippen LogP contribution in [-0.4, -0.2) is 37.9 Å². The van der Waals surface area contributed by atoms with Crippen LogP contribution in [0.25, 0.3) is 0 Å². The summed E-state index contributed by atoms with van der Waals surface area (Å²) in [6.45, 7) is 1.43. The molecule has 174 valence electrons. The normalized spacial score (nSPS) is 14.0. The highest BCUT2D eigenvalue weighted by atomic mass is 32.2. The molecule has 31 heavy (non-hydrogen) atoms. The average molecular weight is 465 g/mol. The van der Waals surface area contributed by atoms with Gasteiger partial charge in [-0.05, 0) is 38.0 Å². The van der Waals surface area contributed by atoms with E-state index in [9.17, 15) is 31.5 Å². The number of aliphatic hydroxyl groups is 1. The van der Waals surface area contributed by atoms with Crippen LogP contribution in [0.5, 0.6) is 0 Å². The van der Waals surface area contributed by atoms with Crippen molar-refractivity contribution in [1.29, 1.82) is 5.26 Å². The Balaban J connectivity index is 2.44. The topological polar surface area (TPSA) is 116 Å². The molecule has 0 unspecified atom stereocenters. The first kappa shape index (κ1) is 26.9. The highest BCUT2D eigenvalue weighted by Gasteiger charge is 2.35. The predicted octanol–water partition coefficient (Wildman–Crippen LogP) is 3.97. The van der Waals surface area contributed by atoms with Crippen molar-refractivity contribution in [2.24, 2.45) is 0 Å². The van der Waals surface area contributed by atoms with Crippen LogP contribution in [0.1, 0.15) is 63.0 Å². The number of halogens is 3. The van der Waals surface area contributed by atoms with Crippen LogP contribution < -0.4 is 5.32 Å². The molecule has 1 aromatic carbocycles. The first-order valence-corrected chi connectivity index (χ1v) is 11.6. The molecule has 0 fully saturated rings. The van der Waals surface area contributed by atoms with Gasteiger partial charge in [-0.2, -0.15) is 26.9 Å². The Morgan fingerprint density at radius 1 is 1.16 bits per heavy atom. The standard InChI is InChI=1S/C20H27F3N2O5S/c1-19(27,11-7-5-3-4-6-8-12-30-31(2,28)29)18(26)25-16-10-9-15(14-24)17(13-16)20(21,22)23/h9-10,13,27H,3-8,11-12H2,1-2H3,(H,25,26)/t19-/m0/s1. The molecular formula is C20H27F3N2O5S. The summed E-state index contributed by atoms with van der Waals surface area (Å²) < 4.78 is 65.4. The number of carbonyl (C=O) groups is 1. The van der Waals surface area contributed by atoms with Crippen LogP contribution in [0.3, 0.4) is 0 Å². The number of amides is 1. The number of benzene rings is 1. The molecule has 0 aliphatic rings. The number of unbranched alkanes of at least 4 members (excludes halogenated alkanes) is 5. The Morgan fingerprint density at radius 3 is 2.29 bits per heavy atom. The molecule has 11 heteroatoms. The molecule has 0 saturated heterocycles. The highest BCUT2D eigenvalue weighted by Crippen LogP contribution is 2.33. The van der Waals surface area contributed by atoms with Crippen molar-refractivity contribution in [3.05, 3.63) is 29.3 Å². The largest absolute Gasteiger partial charge is 0.417 e. The molecule has 0 aliphatic carbocycles. The smallest absolute Gasteiger partial charge is 0.380 e. The summed E-state index contributed by atoms with van der Waals surface area (Å²) in [7, 11) is -3.42. The predicted molar refractivity (Wildman–Crippen MR) is 109 cm³/mol. The lowest BCUT2D eigenvalue weighted by molar-refractivity contribution is -0.138. The quantitative estimate of drug-likeness (QED) is 0.357. The maximum absolute atomic E-state index is 13.0. The van der Waals surface area contributed by atoms with Gasteiger partial charge in [-0.25, -0.2) is 0 Å². The van der Waals surface area contributed by atoms with E-state index in [0.717, 1.165) is 38.0 Å². The molecule has 0 saturated carbocycles. The number of hydrogen-bond acceptors (Lipinski definition) is 6. The number of nitrogens with zero attached hydrogens (tertiary/aromatic N) is 1. The molecule has 2 N–H and O–H groups in total. The summed E-state index contributed by atoms with van der Waals surface area (Å²) in [6.07, 6.45) is 0.681. The molecule has 7 nitrogen and oxygen atoms in total. The average Bonchev–Trinajstić information content (AvgIpc) is 2.65. The Kier molecular flexibility index (Phi) is 9.93. The van der Waals surface area contributed by atoms with Crippen molar-refractivity contribution in [2.75, 3.05) is 18.2 Å². The van der Waals surface area contributed by atoms with Crippen LogP contribution >= 0.6 is 0 Å². The SMILES string of the molecule is C[C@](O)(CCCCCCCCOS(C)(=O)=O)C(=O)Nc1ccc(C#N)c(C(F)(F)F)c1. The molecule has 1 amide bonds. The first-order chi connectivity index (χ1) is 14.3. The van der Waals surface area contributed by atoms with Gasteiger partial charge >= 0.3 is 6.18 Å². The summed E-state index contributed by atoms with van der Waals surface area (Å²) in [6, 6.07) is 4.27. The van der Waals surface area contributed by atoms with E-state index in [-0.39, 0.29) is 18.7 Å². The van der Waals surface area contributed by atoms with Gasteiger partial charge < -0.3 is 10.4 Å². The number of carbonyl (C=O) groups excluding carboxylic acids is 1. The van der Waals surface area contributed by atoms with Crippen molar-refractivity contribution in [3.8, 4) is 6.07 Å². The highest BCUT2D eigenvalue weighted by molar-refractivity contribution is 7.85. The Bertz CT molecular complexity index is 893. The third-order valence-electron chi connectivity index (χ3n) is 4.55. The van der Waals surface area contributed by atoms with Gasteiger partial charge in [-0.15, -0.1) is 0 Å². The van der Waals surface area contributed by atoms with Crippen LogP contribution in [0.2, 0.25) is 0 Å². The molecule has 0 aromatic heterocycles. The van der Waals surface area contributed by atoms with Gasteiger partial charge in [0.05, 0.1) is 30.1 Å². The fraction of sp³-hybridized carbons (Fsp3) is 0.600. The van der Waals surface area contributed by atoms with E-state index in [4.69, 9.17) is 5.26 Å². The molecule has 1 atom stereocenters. The maximum Gasteiger partial charge on any atom is 0.417 e. The molecular weight excluding hydrogens is 437 g/mol. The molecule has 0 heterocycles. The van der Waals surface area contributed by atoms with Gasteiger partial charge in [0.25, 0.3) is 16.0 Å². The van der Waals surface area contributed by atoms with E-state index in [1.165, 1.54) is 19.1 Å². The number of anilines is 1. The summed E-state index contributed by atoms with van der Waals surface area (Å²) in [5, 5.41) is 21.4. The Hall–Kier alpha value is -2.16. The van der Waals surface area contributed by atoms with Gasteiger partial charge in [0.15, 0.2) is 0 Å². The fourth-order valence-corrected chi connectivity index (χ4v) is 3.24. The van der Waals surface area contributed by atoms with Crippen molar-refractivity contribution in [1.82, 2.24) is 0 Å². The number of rotatable bonds is 12. The second kappa shape index (κ2) is 11.5. The van der Waals surface area contributed by atoms with Gasteiger partial charge in [0.1, 0.15) is 5.60 Å². The van der Waals surface area contributed by atoms with E-state index in [1.54, 1.807) is 0 Å². The molecule has 1 aromatic rings. The van der Waals surface area contributed by atoms with Crippen LogP contribution in [0.4, 0.5) is 18.9 Å². The fourth-order valence-electron chi connectivity index (χ4n) is 2.82. The number of nitriles is 1. The van der Waals surface area contributed by atoms with E-state index in [2.05, 4.69) is 9.50 Å². The lowest BCUT2D eigenvalue weighted by Crippen LogP contribution is -2.40. The third-order valence-corrected chi connectivity index (χ3v) is 5.14. The lowest BCUT2D eigenvalue weighted by atomic mass is 9.96. The summed E-state index contributed by atoms with van der Waals surface area (Å²) >= 11 is 0. The number of nitrogens with one attached hydrogen (secondary N) is 1. The second-order valence-electron chi connectivity index (χ2n) is 7.50. The third kappa shape index (κ3) is 10.1. The molecule has 0 bridgehead atoms. The molecule has 0 spiro atoms. The van der Waals surface area contributed by atoms with Crippen LogP contribution in [-0.2, 0) is 25.3 Å². The van der Waals surface area contributed by atoms with Gasteiger partial charge in [-0.3, -0.25) is 8.98 Å². The maximum atomic E-state index is 13.0. The Labute approximate surface area is 180 Å². The summed E-state index contributed by atoms with van der Waals surface area (Å²) in [5.74, 6) is -0.830. The van der Waals surface area contributed by atoms with E-state index in [0.29, 0.717) is 18.9 Å². The van der Waals surface area contributed by atoms with Crippen molar-refractivity contribution in [3.63, 3.8) is 0 Å². The summed E-state index contributed by atoms with van der Waals surface area (Å²) in [5.41, 5.74) is -3.64. The van der Waals surface area contributed by atoms with E-state index < -0.39 is 38.9 Å². The van der Waals surface area contributed by atoms with E-state index in [1.807, 2.05) is 0 Å². The van der Waals surface area contributed by atoms with Gasteiger partial charge in [-0.1, -0.05) is 32.1 Å². The zero-order valence-electron chi connectivity index (χ0n) is 17.5. The molecule has 0 radical (unpaired) electrons. The number of hydrogen-bond donors (Lipinski definition) is 2. The minimum atomic E-state index is -4.74. The van der Waals surface area contributed by atoms with Crippen LogP contribution in [0.15, 0.2) is 18.2 Å². The van der Waals surface area contributed by atoms with Gasteiger partial charge in [0, 0.05) is 5.69 Å². The van der Waals surface area contributed by atoms with Gasteiger partial charge in [0.2, 0.25) is 0 Å². The van der Waals surface area contributed by atoms with Crippen molar-refractivity contribution >= 4 is 21.7 Å². The number of alkyl halides is 3. The summed E-state index contributed by atoms with van der Waals surface area (Å²) in [4.78, 5) is 12.3. The zero-order valence-corrected chi connectivity index (χ0v) is 18.3. The molecule has 0 aliphatic heterocycles. The van der Waals surface area contributed by atoms with Crippen molar-refractivity contribution in [2.45, 2.75) is 63.6 Å². The van der Waals surface area contributed by atoms with Crippen molar-refractivity contribution < 1.29 is 35.7 Å². The minimum Gasteiger partial charge on any atom is -0.380 e.